The molecule has 2 heterocycles. The molecule has 1 aliphatic heterocycles. The number of fused-ring (bicyclic) bond motifs is 1. The molecule has 0 bridgehead atoms. The second-order valence-electron chi connectivity index (χ2n) is 6.87. The number of carboxylic acids is 1. The Labute approximate surface area is 175 Å². The van der Waals surface area contributed by atoms with Gasteiger partial charge in [-0.3, -0.25) is 4.98 Å². The summed E-state index contributed by atoms with van der Waals surface area (Å²) in [6.07, 6.45) is -0.924. The number of carbonyl (C=O) groups is 1. The van der Waals surface area contributed by atoms with Gasteiger partial charge in [-0.05, 0) is 41.8 Å². The Morgan fingerprint density at radius 3 is 2.58 bits per heavy atom. The number of aromatic nitrogens is 1. The van der Waals surface area contributed by atoms with Crippen molar-refractivity contribution in [2.75, 3.05) is 11.4 Å². The van der Waals surface area contributed by atoms with E-state index < -0.39 is 12.3 Å². The monoisotopic (exact) mass is 430 g/mol. The van der Waals surface area contributed by atoms with Gasteiger partial charge in [0.25, 0.3) is 0 Å². The molecule has 1 aliphatic rings. The number of aromatic carboxylic acids is 1. The van der Waals surface area contributed by atoms with E-state index in [9.17, 15) is 23.1 Å². The third-order valence-corrected chi connectivity index (χ3v) is 4.83. The summed E-state index contributed by atoms with van der Waals surface area (Å²) < 4.78 is 46.3. The molecule has 6 nitrogen and oxygen atoms in total. The first-order valence-corrected chi connectivity index (χ1v) is 9.35. The molecule has 0 amide bonds. The van der Waals surface area contributed by atoms with Crippen molar-refractivity contribution in [3.63, 3.8) is 0 Å². The molecule has 9 heteroatoms. The van der Waals surface area contributed by atoms with Crippen LogP contribution in [0.5, 0.6) is 11.5 Å². The van der Waals surface area contributed by atoms with E-state index in [1.165, 1.54) is 30.5 Å². The summed E-state index contributed by atoms with van der Waals surface area (Å²) in [5, 5.41) is 9.39. The van der Waals surface area contributed by atoms with Crippen LogP contribution in [0.2, 0.25) is 0 Å². The van der Waals surface area contributed by atoms with Crippen molar-refractivity contribution < 1.29 is 32.5 Å². The van der Waals surface area contributed by atoms with Crippen LogP contribution in [-0.2, 0) is 13.0 Å². The Morgan fingerprint density at radius 1 is 1.10 bits per heavy atom. The maximum atomic E-state index is 12.2. The van der Waals surface area contributed by atoms with Crippen molar-refractivity contribution in [1.29, 1.82) is 0 Å². The largest absolute Gasteiger partial charge is 0.573 e. The number of carboxylic acid groups (broad SMARTS) is 1. The average Bonchev–Trinajstić information content (AvgIpc) is 3.16. The Morgan fingerprint density at radius 2 is 1.87 bits per heavy atom. The van der Waals surface area contributed by atoms with Crippen molar-refractivity contribution in [2.45, 2.75) is 19.4 Å². The minimum atomic E-state index is -4.73. The standard InChI is InChI=1S/C22H17F3N2O4/c23-22(24,25)31-16-6-4-14(5-7-16)13-30-17-10-15(11-26-12-17)27-9-8-18-19(21(28)29)2-1-3-20(18)27/h1-7,10-12H,8-9,13H2,(H,28,29). The van der Waals surface area contributed by atoms with E-state index in [0.29, 0.717) is 29.8 Å². The van der Waals surface area contributed by atoms with Crippen LogP contribution in [-0.4, -0.2) is 29.0 Å². The van der Waals surface area contributed by atoms with Crippen LogP contribution in [0.1, 0.15) is 21.5 Å². The fourth-order valence-corrected chi connectivity index (χ4v) is 3.49. The van der Waals surface area contributed by atoms with Gasteiger partial charge in [0, 0.05) is 18.3 Å². The highest BCUT2D eigenvalue weighted by molar-refractivity contribution is 5.92. The molecule has 0 saturated heterocycles. The smallest absolute Gasteiger partial charge is 0.487 e. The number of anilines is 2. The van der Waals surface area contributed by atoms with Crippen LogP contribution >= 0.6 is 0 Å². The molecular formula is C22H17F3N2O4. The number of ether oxygens (including phenoxy) is 2. The molecule has 1 aromatic heterocycles. The SMILES string of the molecule is O=C(O)c1cccc2c1CCN2c1cncc(OCc2ccc(OC(F)(F)F)cc2)c1. The van der Waals surface area contributed by atoms with Gasteiger partial charge in [-0.15, -0.1) is 13.2 Å². The summed E-state index contributed by atoms with van der Waals surface area (Å²) in [4.78, 5) is 17.6. The topological polar surface area (TPSA) is 71.9 Å². The number of hydrogen-bond acceptors (Lipinski definition) is 5. The molecule has 31 heavy (non-hydrogen) atoms. The molecule has 4 rings (SSSR count). The van der Waals surface area contributed by atoms with Gasteiger partial charge >= 0.3 is 12.3 Å². The number of halogens is 3. The summed E-state index contributed by atoms with van der Waals surface area (Å²) >= 11 is 0. The van der Waals surface area contributed by atoms with Crippen molar-refractivity contribution in [1.82, 2.24) is 4.98 Å². The maximum absolute atomic E-state index is 12.2. The predicted molar refractivity (Wildman–Crippen MR) is 106 cm³/mol. The first kappa shape index (κ1) is 20.5. The fourth-order valence-electron chi connectivity index (χ4n) is 3.49. The minimum Gasteiger partial charge on any atom is -0.487 e. The minimum absolute atomic E-state index is 0.136. The lowest BCUT2D eigenvalue weighted by Gasteiger charge is -2.20. The summed E-state index contributed by atoms with van der Waals surface area (Å²) in [6, 6.07) is 12.4. The molecule has 0 unspecified atom stereocenters. The van der Waals surface area contributed by atoms with Crippen molar-refractivity contribution >= 4 is 17.3 Å². The van der Waals surface area contributed by atoms with E-state index in [4.69, 9.17) is 4.74 Å². The molecular weight excluding hydrogens is 413 g/mol. The second-order valence-corrected chi connectivity index (χ2v) is 6.87. The third-order valence-electron chi connectivity index (χ3n) is 4.83. The van der Waals surface area contributed by atoms with E-state index in [2.05, 4.69) is 9.72 Å². The quantitative estimate of drug-likeness (QED) is 0.597. The maximum Gasteiger partial charge on any atom is 0.573 e. The van der Waals surface area contributed by atoms with Crippen LogP contribution in [0.4, 0.5) is 24.5 Å². The molecule has 0 saturated carbocycles. The fraction of sp³-hybridized carbons (Fsp3) is 0.182. The van der Waals surface area contributed by atoms with Gasteiger partial charge in [-0.2, -0.15) is 0 Å². The first-order chi connectivity index (χ1) is 14.8. The second kappa shape index (κ2) is 8.17. The molecule has 3 aromatic rings. The molecule has 0 spiro atoms. The van der Waals surface area contributed by atoms with E-state index in [0.717, 1.165) is 16.9 Å². The van der Waals surface area contributed by atoms with Gasteiger partial charge in [0.1, 0.15) is 18.1 Å². The van der Waals surface area contributed by atoms with Crippen molar-refractivity contribution in [2.24, 2.45) is 0 Å². The number of pyridine rings is 1. The molecule has 0 aliphatic carbocycles. The van der Waals surface area contributed by atoms with Gasteiger partial charge in [0.2, 0.25) is 0 Å². The van der Waals surface area contributed by atoms with E-state index in [-0.39, 0.29) is 12.4 Å². The zero-order valence-electron chi connectivity index (χ0n) is 16.1. The molecule has 160 valence electrons. The van der Waals surface area contributed by atoms with Crippen LogP contribution in [0.3, 0.4) is 0 Å². The summed E-state index contributed by atoms with van der Waals surface area (Å²) in [7, 11) is 0. The highest BCUT2D eigenvalue weighted by atomic mass is 19.4. The summed E-state index contributed by atoms with van der Waals surface area (Å²) in [5.41, 5.74) is 3.31. The Kier molecular flexibility index (Phi) is 5.41. The highest BCUT2D eigenvalue weighted by Gasteiger charge is 2.31. The number of alkyl halides is 3. The van der Waals surface area contributed by atoms with Gasteiger partial charge in [0.05, 0.1) is 23.6 Å². The number of hydrogen-bond donors (Lipinski definition) is 1. The molecule has 0 radical (unpaired) electrons. The zero-order chi connectivity index (χ0) is 22.0. The normalized spacial score (nSPS) is 13.1. The molecule has 0 fully saturated rings. The number of rotatable bonds is 6. The van der Waals surface area contributed by atoms with Gasteiger partial charge in [-0.1, -0.05) is 18.2 Å². The zero-order valence-corrected chi connectivity index (χ0v) is 16.1. The third kappa shape index (κ3) is 4.71. The van der Waals surface area contributed by atoms with Gasteiger partial charge in [-0.25, -0.2) is 4.79 Å². The molecule has 2 aromatic carbocycles. The van der Waals surface area contributed by atoms with Crippen LogP contribution in [0, 0.1) is 0 Å². The Balaban J connectivity index is 1.46. The van der Waals surface area contributed by atoms with Crippen LogP contribution < -0.4 is 14.4 Å². The molecule has 1 N–H and O–H groups in total. The lowest BCUT2D eigenvalue weighted by molar-refractivity contribution is -0.274. The lowest BCUT2D eigenvalue weighted by Crippen LogP contribution is -2.17. The molecule has 0 atom stereocenters. The lowest BCUT2D eigenvalue weighted by atomic mass is 10.1. The van der Waals surface area contributed by atoms with E-state index in [1.54, 1.807) is 24.4 Å². The van der Waals surface area contributed by atoms with Crippen LogP contribution in [0.15, 0.2) is 60.9 Å². The highest BCUT2D eigenvalue weighted by Crippen LogP contribution is 2.37. The number of benzene rings is 2. The van der Waals surface area contributed by atoms with Crippen molar-refractivity contribution in [3.8, 4) is 11.5 Å². The summed E-state index contributed by atoms with van der Waals surface area (Å²) in [6.45, 7) is 0.753. The van der Waals surface area contributed by atoms with E-state index in [1.807, 2.05) is 11.0 Å². The van der Waals surface area contributed by atoms with Gasteiger partial charge < -0.3 is 19.5 Å². The number of nitrogens with zero attached hydrogens (tertiary/aromatic N) is 2. The van der Waals surface area contributed by atoms with Crippen molar-refractivity contribution in [3.05, 3.63) is 77.6 Å². The van der Waals surface area contributed by atoms with E-state index >= 15 is 0 Å². The van der Waals surface area contributed by atoms with Crippen LogP contribution in [0.25, 0.3) is 0 Å². The first-order valence-electron chi connectivity index (χ1n) is 9.35. The predicted octanol–water partition coefficient (Wildman–Crippen LogP) is 4.95. The summed E-state index contributed by atoms with van der Waals surface area (Å²) in [5.74, 6) is -0.773. The Hall–Kier alpha value is -3.75. The Bertz CT molecular complexity index is 1100. The average molecular weight is 430 g/mol. The van der Waals surface area contributed by atoms with Gasteiger partial charge in [0.15, 0.2) is 0 Å².